The summed E-state index contributed by atoms with van der Waals surface area (Å²) in [5.41, 5.74) is 0.745. The van der Waals surface area contributed by atoms with Crippen LogP contribution in [0.15, 0.2) is 22.7 Å². The van der Waals surface area contributed by atoms with Crippen molar-refractivity contribution in [1.82, 2.24) is 10.1 Å². The van der Waals surface area contributed by atoms with E-state index in [0.717, 1.165) is 31.5 Å². The van der Waals surface area contributed by atoms with Crippen molar-refractivity contribution >= 4 is 29.2 Å². The summed E-state index contributed by atoms with van der Waals surface area (Å²) >= 11 is 12.0. The molecule has 1 aliphatic rings. The van der Waals surface area contributed by atoms with Gasteiger partial charge in [-0.05, 0) is 31.0 Å². The summed E-state index contributed by atoms with van der Waals surface area (Å²) in [7, 11) is 1.74. The highest BCUT2D eigenvalue weighted by molar-refractivity contribution is 6.35. The monoisotopic (exact) mass is 327 g/mol. The van der Waals surface area contributed by atoms with Gasteiger partial charge in [-0.1, -0.05) is 28.4 Å². The third kappa shape index (κ3) is 3.31. The van der Waals surface area contributed by atoms with Crippen molar-refractivity contribution in [3.05, 3.63) is 28.2 Å². The highest BCUT2D eigenvalue weighted by Crippen LogP contribution is 2.27. The Hall–Kier alpha value is -1.30. The van der Waals surface area contributed by atoms with Gasteiger partial charge in [0.25, 0.3) is 0 Å². The lowest BCUT2D eigenvalue weighted by atomic mass is 10.1. The van der Waals surface area contributed by atoms with E-state index in [1.165, 1.54) is 0 Å². The summed E-state index contributed by atoms with van der Waals surface area (Å²) in [5.74, 6) is 0.489. The number of ether oxygens (including phenoxy) is 1. The van der Waals surface area contributed by atoms with Crippen molar-refractivity contribution in [2.45, 2.75) is 18.9 Å². The minimum absolute atomic E-state index is 0.315. The zero-order valence-electron chi connectivity index (χ0n) is 11.6. The lowest BCUT2D eigenvalue weighted by Crippen LogP contribution is -2.36. The number of piperidine rings is 1. The van der Waals surface area contributed by atoms with Crippen molar-refractivity contribution in [2.24, 2.45) is 0 Å². The van der Waals surface area contributed by atoms with E-state index in [1.807, 2.05) is 0 Å². The van der Waals surface area contributed by atoms with Gasteiger partial charge >= 0.3 is 6.01 Å². The number of aromatic nitrogens is 2. The maximum absolute atomic E-state index is 5.99. The van der Waals surface area contributed by atoms with E-state index in [-0.39, 0.29) is 0 Å². The topological polar surface area (TPSA) is 51.4 Å². The highest BCUT2D eigenvalue weighted by Gasteiger charge is 2.23. The predicted molar refractivity (Wildman–Crippen MR) is 82.0 cm³/mol. The summed E-state index contributed by atoms with van der Waals surface area (Å²) < 4.78 is 10.7. The Balaban J connectivity index is 1.77. The molecular formula is C14H15Cl2N3O2. The maximum atomic E-state index is 5.99. The van der Waals surface area contributed by atoms with Gasteiger partial charge < -0.3 is 14.2 Å². The van der Waals surface area contributed by atoms with Crippen molar-refractivity contribution in [1.29, 1.82) is 0 Å². The molecule has 0 N–H and O–H groups in total. The summed E-state index contributed by atoms with van der Waals surface area (Å²) in [6.07, 6.45) is 2.23. The molecule has 0 amide bonds. The van der Waals surface area contributed by atoms with Gasteiger partial charge in [0.15, 0.2) is 0 Å². The molecule has 1 saturated heterocycles. The van der Waals surface area contributed by atoms with Crippen LogP contribution in [-0.2, 0) is 4.74 Å². The number of rotatable bonds is 3. The Morgan fingerprint density at radius 2 is 1.86 bits per heavy atom. The van der Waals surface area contributed by atoms with Crippen LogP contribution in [0.4, 0.5) is 6.01 Å². The zero-order chi connectivity index (χ0) is 14.8. The quantitative estimate of drug-likeness (QED) is 0.861. The van der Waals surface area contributed by atoms with Gasteiger partial charge in [0.05, 0.1) is 6.10 Å². The second kappa shape index (κ2) is 6.22. The SMILES string of the molecule is COC1CCN(c2nc(-c3cc(Cl)cc(Cl)c3)no2)CC1. The standard InChI is InChI=1S/C14H15Cl2N3O2/c1-20-12-2-4-19(5-3-12)14-17-13(18-21-14)9-6-10(15)8-11(16)7-9/h6-8,12H,2-5H2,1H3. The Bertz CT molecular complexity index is 604. The second-order valence-electron chi connectivity index (χ2n) is 4.98. The van der Waals surface area contributed by atoms with E-state index in [0.29, 0.717) is 28.0 Å². The lowest BCUT2D eigenvalue weighted by molar-refractivity contribution is 0.0808. The van der Waals surface area contributed by atoms with Gasteiger partial charge in [-0.15, -0.1) is 0 Å². The third-order valence-electron chi connectivity index (χ3n) is 3.58. The maximum Gasteiger partial charge on any atom is 0.324 e. The third-order valence-corrected chi connectivity index (χ3v) is 4.02. The number of halogens is 2. The normalized spacial score (nSPS) is 16.4. The van der Waals surface area contributed by atoms with Crippen LogP contribution in [0, 0.1) is 0 Å². The molecule has 0 aliphatic carbocycles. The van der Waals surface area contributed by atoms with Crippen molar-refractivity contribution in [3.63, 3.8) is 0 Å². The Labute approximate surface area is 132 Å². The minimum atomic E-state index is 0.315. The van der Waals surface area contributed by atoms with Crippen LogP contribution in [0.25, 0.3) is 11.4 Å². The fraction of sp³-hybridized carbons (Fsp3) is 0.429. The van der Waals surface area contributed by atoms with E-state index in [4.69, 9.17) is 32.5 Å². The summed E-state index contributed by atoms with van der Waals surface area (Å²) in [5, 5.41) is 5.10. The molecule has 7 heteroatoms. The minimum Gasteiger partial charge on any atom is -0.381 e. The molecule has 1 fully saturated rings. The molecule has 112 valence electrons. The average molecular weight is 328 g/mol. The van der Waals surface area contributed by atoms with Crippen LogP contribution >= 0.6 is 23.2 Å². The highest BCUT2D eigenvalue weighted by atomic mass is 35.5. The van der Waals surface area contributed by atoms with E-state index in [1.54, 1.807) is 25.3 Å². The largest absolute Gasteiger partial charge is 0.381 e. The van der Waals surface area contributed by atoms with Gasteiger partial charge in [-0.2, -0.15) is 4.98 Å². The Kier molecular flexibility index (Phi) is 4.33. The van der Waals surface area contributed by atoms with E-state index >= 15 is 0 Å². The Morgan fingerprint density at radius 1 is 1.19 bits per heavy atom. The van der Waals surface area contributed by atoms with Gasteiger partial charge in [0.1, 0.15) is 0 Å². The van der Waals surface area contributed by atoms with Crippen molar-refractivity contribution in [3.8, 4) is 11.4 Å². The number of hydrogen-bond donors (Lipinski definition) is 0. The van der Waals surface area contributed by atoms with Crippen molar-refractivity contribution < 1.29 is 9.26 Å². The molecule has 0 unspecified atom stereocenters. The molecule has 0 radical (unpaired) electrons. The molecule has 5 nitrogen and oxygen atoms in total. The summed E-state index contributed by atoms with van der Waals surface area (Å²) in [6.45, 7) is 1.69. The first-order valence-corrected chi connectivity index (χ1v) is 7.49. The molecule has 3 rings (SSSR count). The molecule has 1 aliphatic heterocycles. The molecule has 2 heterocycles. The van der Waals surface area contributed by atoms with Crippen LogP contribution in [0.2, 0.25) is 10.0 Å². The zero-order valence-corrected chi connectivity index (χ0v) is 13.1. The van der Waals surface area contributed by atoms with E-state index in [2.05, 4.69) is 15.0 Å². The Morgan fingerprint density at radius 3 is 2.48 bits per heavy atom. The molecular weight excluding hydrogens is 313 g/mol. The van der Waals surface area contributed by atoms with Gasteiger partial charge in [0.2, 0.25) is 5.82 Å². The number of methoxy groups -OCH3 is 1. The molecule has 0 bridgehead atoms. The smallest absolute Gasteiger partial charge is 0.324 e. The van der Waals surface area contributed by atoms with Crippen LogP contribution in [-0.4, -0.2) is 36.4 Å². The number of nitrogens with zero attached hydrogens (tertiary/aromatic N) is 3. The van der Waals surface area contributed by atoms with Crippen LogP contribution in [0.1, 0.15) is 12.8 Å². The predicted octanol–water partition coefficient (Wildman–Crippen LogP) is 3.66. The fourth-order valence-electron chi connectivity index (χ4n) is 2.43. The molecule has 0 saturated carbocycles. The van der Waals surface area contributed by atoms with Crippen LogP contribution in [0.3, 0.4) is 0 Å². The fourth-order valence-corrected chi connectivity index (χ4v) is 2.95. The number of anilines is 1. The lowest BCUT2D eigenvalue weighted by Gasteiger charge is -2.29. The van der Waals surface area contributed by atoms with E-state index < -0.39 is 0 Å². The van der Waals surface area contributed by atoms with E-state index in [9.17, 15) is 0 Å². The molecule has 0 spiro atoms. The molecule has 0 atom stereocenters. The first kappa shape index (κ1) is 14.6. The molecule has 2 aromatic rings. The number of benzene rings is 1. The molecule has 1 aromatic carbocycles. The molecule has 1 aromatic heterocycles. The first-order valence-electron chi connectivity index (χ1n) is 6.73. The summed E-state index contributed by atoms with van der Waals surface area (Å²) in [4.78, 5) is 6.49. The number of hydrogen-bond acceptors (Lipinski definition) is 5. The van der Waals surface area contributed by atoms with Gasteiger partial charge in [-0.25, -0.2) is 0 Å². The average Bonchev–Trinajstić information content (AvgIpc) is 2.96. The van der Waals surface area contributed by atoms with Crippen LogP contribution < -0.4 is 4.90 Å². The summed E-state index contributed by atoms with van der Waals surface area (Å²) in [6, 6.07) is 5.72. The van der Waals surface area contributed by atoms with Gasteiger partial charge in [0, 0.05) is 35.8 Å². The van der Waals surface area contributed by atoms with Crippen molar-refractivity contribution in [2.75, 3.05) is 25.1 Å². The second-order valence-corrected chi connectivity index (χ2v) is 5.85. The first-order chi connectivity index (χ1) is 10.2. The molecule has 21 heavy (non-hydrogen) atoms. The van der Waals surface area contributed by atoms with Crippen LogP contribution in [0.5, 0.6) is 0 Å². The van der Waals surface area contributed by atoms with Gasteiger partial charge in [-0.3, -0.25) is 0 Å².